The van der Waals surface area contributed by atoms with Gasteiger partial charge in [-0.05, 0) is 75.7 Å². The zero-order chi connectivity index (χ0) is 28.5. The molecule has 0 radical (unpaired) electrons. The van der Waals surface area contributed by atoms with Crippen molar-refractivity contribution in [3.63, 3.8) is 0 Å². The number of benzene rings is 1. The van der Waals surface area contributed by atoms with Crippen LogP contribution in [0.25, 0.3) is 11.2 Å². The Morgan fingerprint density at radius 2 is 1.95 bits per heavy atom. The van der Waals surface area contributed by atoms with Crippen LogP contribution in [0.1, 0.15) is 65.7 Å². The standard InChI is InChI=1S/C30H31ClFN5O4/c1-18(28-34-25-7-8-26(30(38)39)35-29(25)37(28)16-22-11-14-40-22)36-12-9-19(10-13-36)24-3-2-4-27(33-24)41-17-20-15-21(31)5-6-23(20)32/h2-8,15,18-19,22H,9-14,16-17H2,1H3,(H,38,39)/t18-,22-/m0/s1. The van der Waals surface area contributed by atoms with Gasteiger partial charge >= 0.3 is 5.97 Å². The van der Waals surface area contributed by atoms with Gasteiger partial charge in [0.25, 0.3) is 0 Å². The maximum atomic E-state index is 14.1. The minimum absolute atomic E-state index is 0.00427. The first-order valence-electron chi connectivity index (χ1n) is 13.9. The highest BCUT2D eigenvalue weighted by Gasteiger charge is 2.30. The van der Waals surface area contributed by atoms with Crippen LogP contribution >= 0.6 is 11.6 Å². The lowest BCUT2D eigenvalue weighted by molar-refractivity contribution is -0.0595. The summed E-state index contributed by atoms with van der Waals surface area (Å²) in [4.78, 5) is 28.0. The topological polar surface area (TPSA) is 103 Å². The molecule has 2 saturated heterocycles. The van der Waals surface area contributed by atoms with Gasteiger partial charge < -0.3 is 19.1 Å². The van der Waals surface area contributed by atoms with E-state index in [9.17, 15) is 14.3 Å². The number of hydrogen-bond acceptors (Lipinski definition) is 7. The molecule has 2 fully saturated rings. The molecule has 4 aromatic rings. The highest BCUT2D eigenvalue weighted by atomic mass is 35.5. The Bertz CT molecular complexity index is 1570. The van der Waals surface area contributed by atoms with Crippen LogP contribution in [0.2, 0.25) is 5.02 Å². The van der Waals surface area contributed by atoms with Gasteiger partial charge in [0.1, 0.15) is 23.8 Å². The molecule has 5 heterocycles. The van der Waals surface area contributed by atoms with E-state index in [2.05, 4.69) is 16.8 Å². The van der Waals surface area contributed by atoms with E-state index in [-0.39, 0.29) is 36.2 Å². The van der Waals surface area contributed by atoms with E-state index in [0.29, 0.717) is 34.2 Å². The van der Waals surface area contributed by atoms with Crippen LogP contribution in [-0.2, 0) is 17.9 Å². The molecular weight excluding hydrogens is 549 g/mol. The molecule has 0 spiro atoms. The number of likely N-dealkylation sites (tertiary alicyclic amines) is 1. The number of rotatable bonds is 9. The monoisotopic (exact) mass is 579 g/mol. The van der Waals surface area contributed by atoms with Crippen molar-refractivity contribution in [2.75, 3.05) is 19.7 Å². The summed E-state index contributed by atoms with van der Waals surface area (Å²) in [5.74, 6) is 0.172. The molecule has 0 unspecified atom stereocenters. The number of fused-ring (bicyclic) bond motifs is 1. The zero-order valence-corrected chi connectivity index (χ0v) is 23.4. The number of hydrogen-bond donors (Lipinski definition) is 1. The van der Waals surface area contributed by atoms with E-state index in [1.165, 1.54) is 18.2 Å². The first-order chi connectivity index (χ1) is 19.9. The van der Waals surface area contributed by atoms with Gasteiger partial charge in [-0.3, -0.25) is 4.90 Å². The number of pyridine rings is 2. The third-order valence-corrected chi connectivity index (χ3v) is 8.25. The first kappa shape index (κ1) is 27.6. The molecule has 2 aliphatic rings. The Morgan fingerprint density at radius 3 is 2.68 bits per heavy atom. The summed E-state index contributed by atoms with van der Waals surface area (Å²) in [7, 11) is 0. The second-order valence-corrected chi connectivity index (χ2v) is 11.1. The van der Waals surface area contributed by atoms with E-state index < -0.39 is 5.97 Å². The molecule has 2 atom stereocenters. The second kappa shape index (κ2) is 11.7. The van der Waals surface area contributed by atoms with Crippen LogP contribution in [0, 0.1) is 5.82 Å². The van der Waals surface area contributed by atoms with E-state index in [1.54, 1.807) is 18.2 Å². The molecule has 0 amide bonds. The third kappa shape index (κ3) is 5.91. The van der Waals surface area contributed by atoms with E-state index in [1.807, 2.05) is 16.7 Å². The quantitative estimate of drug-likeness (QED) is 0.272. The Balaban J connectivity index is 1.14. The van der Waals surface area contributed by atoms with Crippen molar-refractivity contribution in [2.45, 2.75) is 57.4 Å². The number of carboxylic acid groups (broad SMARTS) is 1. The molecule has 9 nitrogen and oxygen atoms in total. The Kier molecular flexibility index (Phi) is 7.88. The predicted molar refractivity (Wildman–Crippen MR) is 151 cm³/mol. The van der Waals surface area contributed by atoms with Crippen molar-refractivity contribution in [1.82, 2.24) is 24.4 Å². The molecule has 0 aliphatic carbocycles. The smallest absolute Gasteiger partial charge is 0.354 e. The van der Waals surface area contributed by atoms with Gasteiger partial charge in [0.05, 0.1) is 18.7 Å². The number of nitrogens with zero attached hydrogens (tertiary/aromatic N) is 5. The fourth-order valence-corrected chi connectivity index (χ4v) is 5.75. The fourth-order valence-electron chi connectivity index (χ4n) is 5.56. The number of ether oxygens (including phenoxy) is 2. The van der Waals surface area contributed by atoms with Crippen molar-refractivity contribution in [3.8, 4) is 5.88 Å². The van der Waals surface area contributed by atoms with Gasteiger partial charge in [0, 0.05) is 34.9 Å². The van der Waals surface area contributed by atoms with E-state index in [4.69, 9.17) is 31.0 Å². The molecular formula is C30H31ClFN5O4. The Morgan fingerprint density at radius 1 is 1.15 bits per heavy atom. The van der Waals surface area contributed by atoms with Crippen LogP contribution in [0.4, 0.5) is 4.39 Å². The van der Waals surface area contributed by atoms with Crippen LogP contribution in [0.3, 0.4) is 0 Å². The van der Waals surface area contributed by atoms with Gasteiger partial charge in [-0.2, -0.15) is 0 Å². The summed E-state index contributed by atoms with van der Waals surface area (Å²) < 4.78 is 27.6. The molecule has 6 rings (SSSR count). The van der Waals surface area contributed by atoms with Gasteiger partial charge in [-0.1, -0.05) is 17.7 Å². The molecule has 0 bridgehead atoms. The van der Waals surface area contributed by atoms with Crippen molar-refractivity contribution < 1.29 is 23.8 Å². The number of carboxylic acids is 1. The summed E-state index contributed by atoms with van der Waals surface area (Å²) in [6.45, 7) is 5.22. The maximum Gasteiger partial charge on any atom is 0.354 e. The van der Waals surface area contributed by atoms with Gasteiger partial charge in [-0.25, -0.2) is 24.1 Å². The molecule has 214 valence electrons. The number of piperidine rings is 1. The van der Waals surface area contributed by atoms with E-state index >= 15 is 0 Å². The summed E-state index contributed by atoms with van der Waals surface area (Å²) in [6, 6.07) is 13.4. The molecule has 41 heavy (non-hydrogen) atoms. The molecule has 3 aromatic heterocycles. The SMILES string of the molecule is C[C@@H](c1nc2ccc(C(=O)O)nc2n1C[C@@H]1CCO1)N1CCC(c2cccc(OCc3cc(Cl)ccc3F)n2)CC1. The maximum absolute atomic E-state index is 14.1. The molecule has 1 aromatic carbocycles. The van der Waals surface area contributed by atoms with Crippen LogP contribution in [-0.4, -0.2) is 61.3 Å². The lowest BCUT2D eigenvalue weighted by atomic mass is 9.92. The summed E-state index contributed by atoms with van der Waals surface area (Å²) in [5, 5.41) is 9.93. The summed E-state index contributed by atoms with van der Waals surface area (Å²) in [6.07, 6.45) is 2.87. The predicted octanol–water partition coefficient (Wildman–Crippen LogP) is 5.63. The van der Waals surface area contributed by atoms with Crippen LogP contribution in [0.5, 0.6) is 5.88 Å². The number of imidazole rings is 1. The van der Waals surface area contributed by atoms with Crippen molar-refractivity contribution in [2.24, 2.45) is 0 Å². The molecule has 11 heteroatoms. The highest BCUT2D eigenvalue weighted by Crippen LogP contribution is 2.33. The number of carbonyl (C=O) groups is 1. The highest BCUT2D eigenvalue weighted by molar-refractivity contribution is 6.30. The second-order valence-electron chi connectivity index (χ2n) is 10.6. The molecule has 0 saturated carbocycles. The van der Waals surface area contributed by atoms with Crippen molar-refractivity contribution >= 4 is 28.7 Å². The van der Waals surface area contributed by atoms with Crippen LogP contribution in [0.15, 0.2) is 48.5 Å². The van der Waals surface area contributed by atoms with Crippen molar-refractivity contribution in [3.05, 3.63) is 82.1 Å². The fraction of sp³-hybridized carbons (Fsp3) is 0.400. The lowest BCUT2D eigenvalue weighted by Crippen LogP contribution is -2.37. The third-order valence-electron chi connectivity index (χ3n) is 8.02. The number of aromatic nitrogens is 4. The molecule has 1 N–H and O–H groups in total. The summed E-state index contributed by atoms with van der Waals surface area (Å²) in [5.41, 5.74) is 2.61. The normalized spacial score (nSPS) is 18.8. The molecule has 2 aliphatic heterocycles. The van der Waals surface area contributed by atoms with E-state index in [0.717, 1.165) is 50.5 Å². The van der Waals surface area contributed by atoms with Gasteiger partial charge in [0.15, 0.2) is 11.3 Å². The first-order valence-corrected chi connectivity index (χ1v) is 14.2. The largest absolute Gasteiger partial charge is 0.477 e. The average molecular weight is 580 g/mol. The van der Waals surface area contributed by atoms with Crippen LogP contribution < -0.4 is 4.74 Å². The average Bonchev–Trinajstić information content (AvgIpc) is 3.32. The Labute approximate surface area is 241 Å². The minimum Gasteiger partial charge on any atom is -0.477 e. The number of aromatic carboxylic acids is 1. The Hall–Kier alpha value is -3.60. The van der Waals surface area contributed by atoms with Gasteiger partial charge in [-0.15, -0.1) is 0 Å². The van der Waals surface area contributed by atoms with Crippen molar-refractivity contribution in [1.29, 1.82) is 0 Å². The minimum atomic E-state index is -1.06. The summed E-state index contributed by atoms with van der Waals surface area (Å²) >= 11 is 6.00. The lowest BCUT2D eigenvalue weighted by Gasteiger charge is -2.36. The number of halogens is 2. The van der Waals surface area contributed by atoms with Gasteiger partial charge in [0.2, 0.25) is 5.88 Å². The zero-order valence-electron chi connectivity index (χ0n) is 22.7.